The van der Waals surface area contributed by atoms with Gasteiger partial charge in [0.1, 0.15) is 29.0 Å². The quantitative estimate of drug-likeness (QED) is 0.516. The number of aromatic nitrogens is 1. The van der Waals surface area contributed by atoms with Crippen LogP contribution >= 0.6 is 0 Å². The Kier molecular flexibility index (Phi) is 5.87. The minimum atomic E-state index is -0.401. The second-order valence-corrected chi connectivity index (χ2v) is 7.49. The van der Waals surface area contributed by atoms with E-state index in [4.69, 9.17) is 14.9 Å². The molecule has 2 aromatic rings. The van der Waals surface area contributed by atoms with Gasteiger partial charge in [-0.05, 0) is 57.3 Å². The van der Waals surface area contributed by atoms with Gasteiger partial charge in [-0.2, -0.15) is 0 Å². The third-order valence-corrected chi connectivity index (χ3v) is 4.49. The molecular weight excluding hydrogens is 368 g/mol. The number of rotatable bonds is 6. The Morgan fingerprint density at radius 1 is 1.38 bits per heavy atom. The van der Waals surface area contributed by atoms with Crippen LogP contribution in [0.25, 0.3) is 0 Å². The molecule has 152 valence electrons. The van der Waals surface area contributed by atoms with Gasteiger partial charge in [0.05, 0.1) is 5.69 Å². The maximum Gasteiger partial charge on any atom is 0.257 e. The van der Waals surface area contributed by atoms with Crippen LogP contribution < -0.4 is 20.1 Å². The second-order valence-electron chi connectivity index (χ2n) is 7.49. The zero-order chi connectivity index (χ0) is 21.0. The van der Waals surface area contributed by atoms with Crippen molar-refractivity contribution in [2.24, 2.45) is 0 Å². The number of benzene rings is 1. The lowest BCUT2D eigenvalue weighted by Crippen LogP contribution is -2.28. The Bertz CT molecular complexity index is 939. The van der Waals surface area contributed by atoms with Crippen LogP contribution in [0.3, 0.4) is 0 Å². The summed E-state index contributed by atoms with van der Waals surface area (Å²) in [7, 11) is 1.72. The minimum absolute atomic E-state index is 0.0181. The summed E-state index contributed by atoms with van der Waals surface area (Å²) in [4.78, 5) is 17.0. The van der Waals surface area contributed by atoms with Crippen molar-refractivity contribution in [2.45, 2.75) is 38.9 Å². The van der Waals surface area contributed by atoms with Gasteiger partial charge in [0.2, 0.25) is 0 Å². The van der Waals surface area contributed by atoms with Gasteiger partial charge in [-0.3, -0.25) is 15.2 Å². The van der Waals surface area contributed by atoms with Crippen LogP contribution in [0.4, 0.5) is 0 Å². The highest BCUT2D eigenvalue weighted by Gasteiger charge is 2.34. The van der Waals surface area contributed by atoms with E-state index in [0.29, 0.717) is 23.5 Å². The first-order chi connectivity index (χ1) is 13.8. The number of pyridine rings is 1. The molecule has 1 atom stereocenters. The molecule has 29 heavy (non-hydrogen) atoms. The lowest BCUT2D eigenvalue weighted by Gasteiger charge is -2.17. The normalized spacial score (nSPS) is 15.3. The van der Waals surface area contributed by atoms with E-state index in [1.54, 1.807) is 31.6 Å². The monoisotopic (exact) mass is 394 g/mol. The van der Waals surface area contributed by atoms with Crippen molar-refractivity contribution in [1.82, 2.24) is 15.6 Å². The Morgan fingerprint density at radius 3 is 2.86 bits per heavy atom. The molecule has 0 saturated heterocycles. The summed E-state index contributed by atoms with van der Waals surface area (Å²) in [6.07, 6.45) is 5.14. The molecule has 2 heterocycles. The average molecular weight is 394 g/mol. The summed E-state index contributed by atoms with van der Waals surface area (Å²) in [5.74, 6) is 0.800. The summed E-state index contributed by atoms with van der Waals surface area (Å²) in [5, 5.41) is 13.2. The molecule has 3 rings (SSSR count). The molecule has 3 N–H and O–H groups in total. The molecule has 0 aliphatic carbocycles. The second kappa shape index (κ2) is 8.34. The smallest absolute Gasteiger partial charge is 0.257 e. The van der Waals surface area contributed by atoms with Crippen LogP contribution in [0.1, 0.15) is 48.5 Å². The van der Waals surface area contributed by atoms with E-state index in [9.17, 15) is 4.79 Å². The predicted octanol–water partition coefficient (Wildman–Crippen LogP) is 3.38. The molecule has 0 bridgehead atoms. The van der Waals surface area contributed by atoms with Crippen LogP contribution in [0, 0.1) is 5.41 Å². The van der Waals surface area contributed by atoms with Crippen molar-refractivity contribution in [3.05, 3.63) is 65.6 Å². The van der Waals surface area contributed by atoms with E-state index in [2.05, 4.69) is 15.6 Å². The van der Waals surface area contributed by atoms with Gasteiger partial charge < -0.3 is 20.1 Å². The van der Waals surface area contributed by atoms with E-state index < -0.39 is 5.91 Å². The van der Waals surface area contributed by atoms with Crippen molar-refractivity contribution < 1.29 is 14.3 Å². The van der Waals surface area contributed by atoms with Crippen LogP contribution in [0.2, 0.25) is 0 Å². The molecule has 1 aliphatic heterocycles. The summed E-state index contributed by atoms with van der Waals surface area (Å²) < 4.78 is 12.2. The molecule has 0 radical (unpaired) electrons. The first-order valence-electron chi connectivity index (χ1n) is 9.46. The fourth-order valence-electron chi connectivity index (χ4n) is 3.15. The van der Waals surface area contributed by atoms with Gasteiger partial charge in [0.15, 0.2) is 0 Å². The average Bonchev–Trinajstić information content (AvgIpc) is 3.01. The summed E-state index contributed by atoms with van der Waals surface area (Å²) in [6.45, 7) is 5.91. The molecule has 0 fully saturated rings. The fourth-order valence-corrected chi connectivity index (χ4v) is 3.15. The van der Waals surface area contributed by atoms with E-state index in [0.717, 1.165) is 11.3 Å². The molecule has 0 saturated carbocycles. The van der Waals surface area contributed by atoms with E-state index in [-0.39, 0.29) is 17.5 Å². The van der Waals surface area contributed by atoms with Gasteiger partial charge in [-0.25, -0.2) is 0 Å². The highest BCUT2D eigenvalue weighted by atomic mass is 16.5. The number of fused-ring (bicyclic) bond motifs is 1. The van der Waals surface area contributed by atoms with Crippen molar-refractivity contribution in [2.75, 3.05) is 7.05 Å². The molecular formula is C22H26N4O3. The van der Waals surface area contributed by atoms with Gasteiger partial charge in [-0.15, -0.1) is 0 Å². The van der Waals surface area contributed by atoms with Crippen molar-refractivity contribution in [3.8, 4) is 11.5 Å². The lowest BCUT2D eigenvalue weighted by atomic mass is 9.99. The third-order valence-electron chi connectivity index (χ3n) is 4.49. The zero-order valence-corrected chi connectivity index (χ0v) is 17.1. The maximum atomic E-state index is 12.7. The van der Waals surface area contributed by atoms with Crippen LogP contribution in [-0.4, -0.2) is 29.4 Å². The molecule has 1 amide bonds. The Morgan fingerprint density at radius 2 is 2.17 bits per heavy atom. The van der Waals surface area contributed by atoms with Crippen LogP contribution in [-0.2, 0) is 6.42 Å². The minimum Gasteiger partial charge on any atom is -0.487 e. The zero-order valence-electron chi connectivity index (χ0n) is 17.1. The van der Waals surface area contributed by atoms with Crippen molar-refractivity contribution >= 4 is 11.7 Å². The summed E-state index contributed by atoms with van der Waals surface area (Å²) in [5.41, 5.74) is 1.71. The Balaban J connectivity index is 1.90. The van der Waals surface area contributed by atoms with E-state index >= 15 is 0 Å². The molecule has 1 aromatic carbocycles. The van der Waals surface area contributed by atoms with Crippen molar-refractivity contribution in [3.63, 3.8) is 0 Å². The number of amidine groups is 1. The van der Waals surface area contributed by atoms with Crippen LogP contribution in [0.5, 0.6) is 11.5 Å². The van der Waals surface area contributed by atoms with Crippen molar-refractivity contribution in [1.29, 1.82) is 5.41 Å². The maximum absolute atomic E-state index is 12.7. The van der Waals surface area contributed by atoms with Gasteiger partial charge in [-0.1, -0.05) is 6.07 Å². The molecule has 0 spiro atoms. The summed E-state index contributed by atoms with van der Waals surface area (Å²) >= 11 is 0. The standard InChI is InChI=1S/C22H26N4O3/c1-14(17-7-5-6-9-25-17)28-18-11-15(21(27)26-20(23)8-10-24-4)12-19-16(18)13-22(2,3)29-19/h5-12,14,24H,13H2,1-4H3,(H2,23,26,27)/b10-8-. The number of nitrogens with one attached hydrogen (secondary N) is 3. The van der Waals surface area contributed by atoms with Gasteiger partial charge in [0.25, 0.3) is 5.91 Å². The SMILES string of the molecule is CN/C=C\C(=N)NC(=O)c1cc(OC(C)c2ccccn2)c2c(c1)OC(C)(C)C2. The number of nitrogens with zero attached hydrogens (tertiary/aromatic N) is 1. The Hall–Kier alpha value is -3.35. The first kappa shape index (κ1) is 20.4. The van der Waals surface area contributed by atoms with E-state index in [1.807, 2.05) is 39.0 Å². The molecule has 1 aliphatic rings. The lowest BCUT2D eigenvalue weighted by molar-refractivity contribution is 0.0974. The molecule has 7 heteroatoms. The Labute approximate surface area is 170 Å². The number of carbonyl (C=O) groups excluding carboxylic acids is 1. The topological polar surface area (TPSA) is 96.3 Å². The fraction of sp³-hybridized carbons (Fsp3) is 0.318. The van der Waals surface area contributed by atoms with Gasteiger partial charge >= 0.3 is 0 Å². The first-order valence-corrected chi connectivity index (χ1v) is 9.46. The van der Waals surface area contributed by atoms with E-state index in [1.165, 1.54) is 6.08 Å². The molecule has 1 unspecified atom stereocenters. The number of hydrogen-bond acceptors (Lipinski definition) is 6. The number of ether oxygens (including phenoxy) is 2. The van der Waals surface area contributed by atoms with Crippen LogP contribution in [0.15, 0.2) is 48.8 Å². The number of hydrogen-bond donors (Lipinski definition) is 3. The predicted molar refractivity (Wildman–Crippen MR) is 112 cm³/mol. The largest absolute Gasteiger partial charge is 0.487 e. The third kappa shape index (κ3) is 4.93. The molecule has 7 nitrogen and oxygen atoms in total. The number of amides is 1. The highest BCUT2D eigenvalue weighted by Crippen LogP contribution is 2.42. The summed E-state index contributed by atoms with van der Waals surface area (Å²) in [6, 6.07) is 9.07. The highest BCUT2D eigenvalue weighted by molar-refractivity contribution is 6.09. The number of carbonyl (C=O) groups is 1. The van der Waals surface area contributed by atoms with Gasteiger partial charge in [0, 0.05) is 30.8 Å². The molecule has 1 aromatic heterocycles.